The molecule has 2 aliphatic rings. The van der Waals surface area contributed by atoms with Crippen LogP contribution in [0.5, 0.6) is 0 Å². The fourth-order valence-corrected chi connectivity index (χ4v) is 4.51. The molecule has 6 nitrogen and oxygen atoms in total. The first-order chi connectivity index (χ1) is 13.4. The molecule has 4 rings (SSSR count). The molecule has 2 fully saturated rings. The van der Waals surface area contributed by atoms with Crippen LogP contribution < -0.4 is 10.6 Å². The molecule has 0 spiro atoms. The number of fused-ring (bicyclic) bond motifs is 1. The fraction of sp³-hybridized carbons (Fsp3) is 0.600. The van der Waals surface area contributed by atoms with Gasteiger partial charge in [-0.3, -0.25) is 0 Å². The maximum absolute atomic E-state index is 14.0. The summed E-state index contributed by atoms with van der Waals surface area (Å²) in [4.78, 5) is 21.4. The molecule has 1 aromatic carbocycles. The van der Waals surface area contributed by atoms with E-state index in [-0.39, 0.29) is 6.42 Å². The Bertz CT molecular complexity index is 873. The van der Waals surface area contributed by atoms with Gasteiger partial charge in [-0.05, 0) is 38.4 Å². The zero-order valence-electron chi connectivity index (χ0n) is 16.2. The highest BCUT2D eigenvalue weighted by molar-refractivity contribution is 5.95. The van der Waals surface area contributed by atoms with Crippen molar-refractivity contribution < 1.29 is 13.6 Å². The van der Waals surface area contributed by atoms with Gasteiger partial charge in [0, 0.05) is 44.9 Å². The van der Waals surface area contributed by atoms with Gasteiger partial charge >= 0.3 is 6.03 Å². The number of likely N-dealkylation sites (N-methyl/N-ethyl adjacent to an activating group) is 1. The first kappa shape index (κ1) is 19.1. The maximum atomic E-state index is 14.0. The third kappa shape index (κ3) is 3.45. The number of nitrogens with two attached hydrogens (primary N) is 1. The number of carbonyl (C=O) groups excluding carboxylic acids is 1. The zero-order valence-corrected chi connectivity index (χ0v) is 16.2. The van der Waals surface area contributed by atoms with Crippen molar-refractivity contribution in [2.75, 3.05) is 38.1 Å². The zero-order chi connectivity index (χ0) is 19.9. The number of hydrogen-bond acceptors (Lipinski definition) is 4. The normalized spacial score (nSPS) is 22.8. The van der Waals surface area contributed by atoms with Crippen LogP contribution in [0.1, 0.15) is 31.5 Å². The van der Waals surface area contributed by atoms with Crippen LogP contribution >= 0.6 is 0 Å². The minimum atomic E-state index is -2.62. The van der Waals surface area contributed by atoms with Gasteiger partial charge in [-0.25, -0.2) is 23.1 Å². The van der Waals surface area contributed by atoms with Crippen LogP contribution in [-0.2, 0) is 6.42 Å². The minimum absolute atomic E-state index is 0.0442. The summed E-state index contributed by atoms with van der Waals surface area (Å²) in [5.41, 5.74) is 7.97. The predicted octanol–water partition coefficient (Wildman–Crippen LogP) is 3.08. The van der Waals surface area contributed by atoms with Crippen molar-refractivity contribution in [3.8, 4) is 0 Å². The summed E-state index contributed by atoms with van der Waals surface area (Å²) >= 11 is 0. The average molecular weight is 391 g/mol. The van der Waals surface area contributed by atoms with E-state index in [0.717, 1.165) is 37.4 Å². The number of halogens is 2. The number of anilines is 1. The summed E-state index contributed by atoms with van der Waals surface area (Å²) in [5.74, 6) is -2.79. The topological polar surface area (TPSA) is 67.4 Å². The molecule has 1 atom stereocenters. The van der Waals surface area contributed by atoms with E-state index in [0.29, 0.717) is 37.0 Å². The Labute approximate surface area is 163 Å². The molecular weight excluding hydrogens is 364 g/mol. The van der Waals surface area contributed by atoms with E-state index in [1.165, 1.54) is 4.57 Å². The Morgan fingerprint density at radius 2 is 2.04 bits per heavy atom. The number of nitrogens with zero attached hydrogens (tertiary/aromatic N) is 4. The number of hydrogen-bond donors (Lipinski definition) is 1. The lowest BCUT2D eigenvalue weighted by atomic mass is 9.98. The quantitative estimate of drug-likeness (QED) is 0.870. The lowest BCUT2D eigenvalue weighted by Crippen LogP contribution is -2.44. The molecule has 2 aromatic rings. The van der Waals surface area contributed by atoms with E-state index >= 15 is 0 Å². The highest BCUT2D eigenvalue weighted by Crippen LogP contribution is 2.42. The summed E-state index contributed by atoms with van der Waals surface area (Å²) < 4.78 is 29.4. The third-order valence-electron chi connectivity index (χ3n) is 6.17. The first-order valence-electron chi connectivity index (χ1n) is 9.98. The first-order valence-corrected chi connectivity index (χ1v) is 9.98. The number of benzene rings is 1. The van der Waals surface area contributed by atoms with E-state index in [1.807, 2.05) is 18.2 Å². The third-order valence-corrected chi connectivity index (χ3v) is 6.17. The van der Waals surface area contributed by atoms with E-state index in [1.54, 1.807) is 0 Å². The molecule has 152 valence electrons. The van der Waals surface area contributed by atoms with E-state index in [2.05, 4.69) is 16.8 Å². The second kappa shape index (κ2) is 7.31. The number of primary amides is 1. The SMILES string of the molecule is CN1CCN(c2cccc3c2nc(CCC2CCCC2(F)F)n3C(N)=O)CC1. The molecule has 2 heterocycles. The fourth-order valence-electron chi connectivity index (χ4n) is 4.51. The molecule has 28 heavy (non-hydrogen) atoms. The summed E-state index contributed by atoms with van der Waals surface area (Å²) in [5, 5.41) is 0. The largest absolute Gasteiger partial charge is 0.367 e. The van der Waals surface area contributed by atoms with Crippen LogP contribution in [0.3, 0.4) is 0 Å². The van der Waals surface area contributed by atoms with Gasteiger partial charge < -0.3 is 15.5 Å². The molecule has 1 unspecified atom stereocenters. The molecule has 1 saturated carbocycles. The summed E-state index contributed by atoms with van der Waals surface area (Å²) in [7, 11) is 2.09. The Morgan fingerprint density at radius 1 is 1.29 bits per heavy atom. The number of amides is 1. The van der Waals surface area contributed by atoms with Gasteiger partial charge in [-0.15, -0.1) is 0 Å². The second-order valence-corrected chi connectivity index (χ2v) is 8.03. The lowest BCUT2D eigenvalue weighted by molar-refractivity contribution is -0.0393. The average Bonchev–Trinajstić information content (AvgIpc) is 3.19. The molecule has 1 aromatic heterocycles. The standard InChI is InChI=1S/C20H27F2N5O/c1-25-10-12-26(13-11-25)15-5-2-6-16-18(15)24-17(27(16)19(23)28)8-7-14-4-3-9-20(14,21)22/h2,5-6,14H,3-4,7-13H2,1H3,(H2,23,28). The van der Waals surface area contributed by atoms with Crippen LogP contribution in [0, 0.1) is 5.92 Å². The van der Waals surface area contributed by atoms with Crippen LogP contribution in [0.25, 0.3) is 11.0 Å². The van der Waals surface area contributed by atoms with Gasteiger partial charge in [-0.2, -0.15) is 0 Å². The summed E-state index contributed by atoms with van der Waals surface area (Å²) in [6, 6.07) is 5.10. The van der Waals surface area contributed by atoms with Crippen LogP contribution in [0.4, 0.5) is 19.3 Å². The van der Waals surface area contributed by atoms with Gasteiger partial charge in [0.15, 0.2) is 0 Å². The van der Waals surface area contributed by atoms with Crippen molar-refractivity contribution in [3.05, 3.63) is 24.0 Å². The molecule has 0 radical (unpaired) electrons. The Balaban J connectivity index is 1.66. The number of aryl methyl sites for hydroxylation is 1. The molecular formula is C20H27F2N5O. The monoisotopic (exact) mass is 391 g/mol. The Morgan fingerprint density at radius 3 is 2.68 bits per heavy atom. The van der Waals surface area contributed by atoms with E-state index in [9.17, 15) is 13.6 Å². The van der Waals surface area contributed by atoms with Gasteiger partial charge in [-0.1, -0.05) is 6.07 Å². The second-order valence-electron chi connectivity index (χ2n) is 8.03. The lowest BCUT2D eigenvalue weighted by Gasteiger charge is -2.34. The maximum Gasteiger partial charge on any atom is 0.324 e. The Kier molecular flexibility index (Phi) is 4.99. The van der Waals surface area contributed by atoms with Gasteiger partial charge in [0.05, 0.1) is 11.2 Å². The van der Waals surface area contributed by atoms with E-state index < -0.39 is 17.9 Å². The van der Waals surface area contributed by atoms with Gasteiger partial charge in [0.2, 0.25) is 0 Å². The number of imidazole rings is 1. The van der Waals surface area contributed by atoms with Gasteiger partial charge in [0.25, 0.3) is 5.92 Å². The van der Waals surface area contributed by atoms with Crippen molar-refractivity contribution >= 4 is 22.8 Å². The highest BCUT2D eigenvalue weighted by Gasteiger charge is 2.43. The number of para-hydroxylation sites is 1. The molecule has 1 amide bonds. The molecule has 2 N–H and O–H groups in total. The van der Waals surface area contributed by atoms with Gasteiger partial charge in [0.1, 0.15) is 11.3 Å². The molecule has 1 aliphatic carbocycles. The number of alkyl halides is 2. The van der Waals surface area contributed by atoms with Crippen LogP contribution in [-0.4, -0.2) is 59.6 Å². The van der Waals surface area contributed by atoms with Crippen molar-refractivity contribution in [2.24, 2.45) is 11.7 Å². The van der Waals surface area contributed by atoms with Crippen molar-refractivity contribution in [3.63, 3.8) is 0 Å². The van der Waals surface area contributed by atoms with E-state index in [4.69, 9.17) is 10.7 Å². The minimum Gasteiger partial charge on any atom is -0.367 e. The van der Waals surface area contributed by atoms with Crippen molar-refractivity contribution in [1.82, 2.24) is 14.5 Å². The predicted molar refractivity (Wildman–Crippen MR) is 105 cm³/mol. The number of carbonyl (C=O) groups is 1. The number of piperazine rings is 1. The highest BCUT2D eigenvalue weighted by atomic mass is 19.3. The van der Waals surface area contributed by atoms with Crippen LogP contribution in [0.2, 0.25) is 0 Å². The van der Waals surface area contributed by atoms with Crippen LogP contribution in [0.15, 0.2) is 18.2 Å². The molecule has 1 saturated heterocycles. The number of aromatic nitrogens is 2. The molecule has 0 bridgehead atoms. The molecule has 1 aliphatic heterocycles. The van der Waals surface area contributed by atoms with Crippen molar-refractivity contribution in [1.29, 1.82) is 0 Å². The van der Waals surface area contributed by atoms with Crippen molar-refractivity contribution in [2.45, 2.75) is 38.0 Å². The summed E-state index contributed by atoms with van der Waals surface area (Å²) in [6.45, 7) is 3.67. The summed E-state index contributed by atoms with van der Waals surface area (Å²) in [6.07, 6.45) is 1.67. The smallest absolute Gasteiger partial charge is 0.324 e. The number of rotatable bonds is 4. The Hall–Kier alpha value is -2.22. The molecule has 8 heteroatoms.